The van der Waals surface area contributed by atoms with E-state index in [-0.39, 0.29) is 5.78 Å². The lowest BCUT2D eigenvalue weighted by atomic mass is 10.0. The quantitative estimate of drug-likeness (QED) is 0.629. The summed E-state index contributed by atoms with van der Waals surface area (Å²) < 4.78 is 10.4. The Kier molecular flexibility index (Phi) is 1.83. The van der Waals surface area contributed by atoms with Crippen LogP contribution >= 0.6 is 0 Å². The van der Waals surface area contributed by atoms with Gasteiger partial charge in [0.15, 0.2) is 11.4 Å². The zero-order valence-corrected chi connectivity index (χ0v) is 8.36. The zero-order chi connectivity index (χ0) is 11.1. The Morgan fingerprint density at radius 1 is 1.06 bits per heavy atom. The smallest absolute Gasteiger partial charge is 0.336 e. The Morgan fingerprint density at radius 3 is 2.75 bits per heavy atom. The molecule has 1 aromatic carbocycles. The molecule has 1 aliphatic rings. The van der Waals surface area contributed by atoms with E-state index < -0.39 is 5.63 Å². The van der Waals surface area contributed by atoms with Crippen molar-refractivity contribution in [1.29, 1.82) is 0 Å². The molecule has 0 saturated carbocycles. The van der Waals surface area contributed by atoms with Gasteiger partial charge in [0.1, 0.15) is 11.3 Å². The molecule has 4 heteroatoms. The van der Waals surface area contributed by atoms with E-state index in [1.807, 2.05) is 0 Å². The summed E-state index contributed by atoms with van der Waals surface area (Å²) in [5.41, 5.74) is 0.260. The van der Waals surface area contributed by atoms with Crippen molar-refractivity contribution in [3.63, 3.8) is 0 Å². The van der Waals surface area contributed by atoms with E-state index in [2.05, 4.69) is 0 Å². The van der Waals surface area contributed by atoms with Gasteiger partial charge in [0.05, 0.1) is 6.61 Å². The summed E-state index contributed by atoms with van der Waals surface area (Å²) in [7, 11) is 0. The van der Waals surface area contributed by atoms with Crippen molar-refractivity contribution in [2.75, 3.05) is 6.61 Å². The Morgan fingerprint density at radius 2 is 1.88 bits per heavy atom. The molecule has 0 aliphatic carbocycles. The molecule has 0 amide bonds. The lowest BCUT2D eigenvalue weighted by molar-refractivity contribution is 0.0934. The van der Waals surface area contributed by atoms with E-state index in [1.165, 1.54) is 6.07 Å². The molecule has 16 heavy (non-hydrogen) atoms. The molecule has 0 unspecified atom stereocenters. The molecule has 0 saturated heterocycles. The van der Waals surface area contributed by atoms with Crippen molar-refractivity contribution in [2.45, 2.75) is 6.42 Å². The predicted octanol–water partition coefficient (Wildman–Crippen LogP) is 1.76. The summed E-state index contributed by atoms with van der Waals surface area (Å²) in [4.78, 5) is 22.9. The Labute approximate surface area is 90.4 Å². The maximum atomic E-state index is 11.8. The number of hydrogen-bond acceptors (Lipinski definition) is 4. The minimum Gasteiger partial charge on any atom is -0.492 e. The molecule has 0 atom stereocenters. The lowest BCUT2D eigenvalue weighted by Gasteiger charge is -2.16. The summed E-state index contributed by atoms with van der Waals surface area (Å²) in [6.07, 6.45) is 0.324. The van der Waals surface area contributed by atoms with Gasteiger partial charge in [0.25, 0.3) is 0 Å². The van der Waals surface area contributed by atoms with E-state index in [9.17, 15) is 9.59 Å². The number of Topliss-reactive ketones (excluding diaryl/α,β-unsaturated/α-hetero) is 1. The topological polar surface area (TPSA) is 56.5 Å². The van der Waals surface area contributed by atoms with Crippen LogP contribution in [-0.2, 0) is 0 Å². The first kappa shape index (κ1) is 9.15. The maximum Gasteiger partial charge on any atom is 0.336 e. The van der Waals surface area contributed by atoms with Crippen LogP contribution in [0.25, 0.3) is 11.0 Å². The van der Waals surface area contributed by atoms with E-state index in [4.69, 9.17) is 9.15 Å². The minimum atomic E-state index is -0.459. The Bertz CT molecular complexity index is 639. The first-order valence-electron chi connectivity index (χ1n) is 4.98. The standard InChI is InChI=1S/C12H8O4/c13-8-5-6-15-9-3-1-7-2-4-10(14)16-12(7)11(8)9/h1-4H,5-6H2. The molecule has 2 aromatic rings. The largest absolute Gasteiger partial charge is 0.492 e. The highest BCUT2D eigenvalue weighted by atomic mass is 16.5. The second kappa shape index (κ2) is 3.20. The number of fused-ring (bicyclic) bond motifs is 3. The number of ketones is 1. The van der Waals surface area contributed by atoms with Gasteiger partial charge < -0.3 is 9.15 Å². The number of rotatable bonds is 0. The molecule has 0 radical (unpaired) electrons. The molecule has 0 bridgehead atoms. The van der Waals surface area contributed by atoms with Crippen LogP contribution in [0.1, 0.15) is 16.8 Å². The number of ether oxygens (including phenoxy) is 1. The molecule has 0 N–H and O–H groups in total. The molecular weight excluding hydrogens is 208 g/mol. The fraction of sp³-hybridized carbons (Fsp3) is 0.167. The summed E-state index contributed by atoms with van der Waals surface area (Å²) in [6, 6.07) is 6.48. The lowest BCUT2D eigenvalue weighted by Crippen LogP contribution is -2.16. The van der Waals surface area contributed by atoms with Crippen molar-refractivity contribution in [2.24, 2.45) is 0 Å². The first-order chi connectivity index (χ1) is 7.75. The molecule has 0 fully saturated rings. The van der Waals surface area contributed by atoms with Crippen LogP contribution in [0, 0.1) is 0 Å². The predicted molar refractivity (Wildman–Crippen MR) is 56.9 cm³/mol. The third-order valence-electron chi connectivity index (χ3n) is 2.62. The second-order valence-electron chi connectivity index (χ2n) is 3.63. The van der Waals surface area contributed by atoms with Crippen LogP contribution in [0.2, 0.25) is 0 Å². The fourth-order valence-corrected chi connectivity index (χ4v) is 1.88. The first-order valence-corrected chi connectivity index (χ1v) is 4.98. The van der Waals surface area contributed by atoms with Crippen LogP contribution in [0.5, 0.6) is 5.75 Å². The summed E-state index contributed by atoms with van der Waals surface area (Å²) in [5, 5.41) is 0.734. The Balaban J connectivity index is 2.45. The van der Waals surface area contributed by atoms with Gasteiger partial charge in [-0.2, -0.15) is 0 Å². The van der Waals surface area contributed by atoms with Crippen molar-refractivity contribution in [1.82, 2.24) is 0 Å². The molecule has 0 spiro atoms. The van der Waals surface area contributed by atoms with Crippen LogP contribution < -0.4 is 10.4 Å². The number of carbonyl (C=O) groups excluding carboxylic acids is 1. The summed E-state index contributed by atoms with van der Waals surface area (Å²) in [6.45, 7) is 0.383. The van der Waals surface area contributed by atoms with Crippen LogP contribution in [0.15, 0.2) is 33.5 Å². The number of hydrogen-bond donors (Lipinski definition) is 0. The van der Waals surface area contributed by atoms with Gasteiger partial charge in [-0.05, 0) is 18.2 Å². The highest BCUT2D eigenvalue weighted by Crippen LogP contribution is 2.31. The third-order valence-corrected chi connectivity index (χ3v) is 2.62. The average Bonchev–Trinajstić information content (AvgIpc) is 2.28. The van der Waals surface area contributed by atoms with Gasteiger partial charge >= 0.3 is 5.63 Å². The fourth-order valence-electron chi connectivity index (χ4n) is 1.88. The van der Waals surface area contributed by atoms with Crippen LogP contribution in [0.4, 0.5) is 0 Å². The monoisotopic (exact) mass is 216 g/mol. The molecule has 1 aliphatic heterocycles. The van der Waals surface area contributed by atoms with Gasteiger partial charge in [-0.1, -0.05) is 0 Å². The van der Waals surface area contributed by atoms with Gasteiger partial charge in [0.2, 0.25) is 0 Å². The zero-order valence-electron chi connectivity index (χ0n) is 8.36. The van der Waals surface area contributed by atoms with Crippen molar-refractivity contribution in [3.05, 3.63) is 40.2 Å². The van der Waals surface area contributed by atoms with Crippen molar-refractivity contribution in [3.8, 4) is 5.75 Å². The van der Waals surface area contributed by atoms with E-state index in [1.54, 1.807) is 18.2 Å². The van der Waals surface area contributed by atoms with E-state index >= 15 is 0 Å². The highest BCUT2D eigenvalue weighted by molar-refractivity contribution is 6.09. The third kappa shape index (κ3) is 1.23. The average molecular weight is 216 g/mol. The van der Waals surface area contributed by atoms with Gasteiger partial charge in [-0.15, -0.1) is 0 Å². The molecule has 2 heterocycles. The van der Waals surface area contributed by atoms with Crippen molar-refractivity contribution < 1.29 is 13.9 Å². The van der Waals surface area contributed by atoms with E-state index in [0.717, 1.165) is 5.39 Å². The van der Waals surface area contributed by atoms with Crippen LogP contribution in [-0.4, -0.2) is 12.4 Å². The summed E-state index contributed by atoms with van der Waals surface area (Å²) >= 11 is 0. The van der Waals surface area contributed by atoms with Gasteiger partial charge in [-0.25, -0.2) is 4.79 Å². The van der Waals surface area contributed by atoms with Gasteiger partial charge in [-0.3, -0.25) is 4.79 Å². The molecule has 3 rings (SSSR count). The molecular formula is C12H8O4. The van der Waals surface area contributed by atoms with Gasteiger partial charge in [0, 0.05) is 17.9 Å². The van der Waals surface area contributed by atoms with E-state index in [0.29, 0.717) is 29.9 Å². The second-order valence-corrected chi connectivity index (χ2v) is 3.63. The SMILES string of the molecule is O=C1CCOc2ccc3ccc(=O)oc3c21. The normalized spacial score (nSPS) is 14.6. The number of benzene rings is 1. The summed E-state index contributed by atoms with van der Waals surface area (Å²) in [5.74, 6) is 0.458. The molecule has 80 valence electrons. The minimum absolute atomic E-state index is 0.0406. The Hall–Kier alpha value is -2.10. The number of carbonyl (C=O) groups is 1. The highest BCUT2D eigenvalue weighted by Gasteiger charge is 2.22. The van der Waals surface area contributed by atoms with Crippen LogP contribution in [0.3, 0.4) is 0 Å². The molecule has 4 nitrogen and oxygen atoms in total. The molecule has 1 aromatic heterocycles. The van der Waals surface area contributed by atoms with Crippen molar-refractivity contribution >= 4 is 16.8 Å². The maximum absolute atomic E-state index is 11.8.